The lowest BCUT2D eigenvalue weighted by atomic mass is 10.1. The van der Waals surface area contributed by atoms with Gasteiger partial charge in [0.2, 0.25) is 0 Å². The Labute approximate surface area is 167 Å². The van der Waals surface area contributed by atoms with Gasteiger partial charge in [0, 0.05) is 18.0 Å². The van der Waals surface area contributed by atoms with Crippen molar-refractivity contribution in [3.8, 4) is 5.75 Å². The molecule has 5 aromatic rings. The lowest BCUT2D eigenvalue weighted by molar-refractivity contribution is 0.475. The van der Waals surface area contributed by atoms with Gasteiger partial charge in [0.1, 0.15) is 17.3 Å². The summed E-state index contributed by atoms with van der Waals surface area (Å²) < 4.78 is 7.51. The van der Waals surface area contributed by atoms with Crippen LogP contribution in [0, 0.1) is 6.92 Å². The second-order valence-corrected chi connectivity index (χ2v) is 7.11. The summed E-state index contributed by atoms with van der Waals surface area (Å²) in [5, 5.41) is 15.2. The van der Waals surface area contributed by atoms with Gasteiger partial charge in [-0.25, -0.2) is 9.50 Å². The van der Waals surface area contributed by atoms with E-state index in [0.717, 1.165) is 39.4 Å². The normalized spacial score (nSPS) is 11.3. The number of nitrogens with zero attached hydrogens (tertiary/aromatic N) is 4. The molecule has 144 valence electrons. The van der Waals surface area contributed by atoms with Crippen molar-refractivity contribution < 1.29 is 9.52 Å². The van der Waals surface area contributed by atoms with Gasteiger partial charge < -0.3 is 14.4 Å². The van der Waals surface area contributed by atoms with Crippen molar-refractivity contribution >= 4 is 22.4 Å². The highest BCUT2D eigenvalue weighted by molar-refractivity contribution is 5.91. The van der Waals surface area contributed by atoms with E-state index < -0.39 is 0 Å². The Morgan fingerprint density at radius 1 is 1.00 bits per heavy atom. The van der Waals surface area contributed by atoms with Crippen LogP contribution < -0.4 is 4.90 Å². The topological polar surface area (TPSA) is 66.8 Å². The zero-order chi connectivity index (χ0) is 19.8. The fourth-order valence-corrected chi connectivity index (χ4v) is 3.62. The van der Waals surface area contributed by atoms with Crippen LogP contribution in [0.25, 0.3) is 16.6 Å². The standard InChI is InChI=1S/C23H20N4O2/c1-16-13-22-24-23(20-6-2-3-7-21(20)27(22)25-16)26(15-19-5-4-12-29-19)14-17-8-10-18(28)11-9-17/h2-13,28H,14-15H2,1H3. The maximum absolute atomic E-state index is 9.63. The summed E-state index contributed by atoms with van der Waals surface area (Å²) >= 11 is 0. The summed E-state index contributed by atoms with van der Waals surface area (Å²) in [4.78, 5) is 7.14. The third-order valence-corrected chi connectivity index (χ3v) is 4.94. The van der Waals surface area contributed by atoms with E-state index >= 15 is 0 Å². The number of furan rings is 1. The first-order chi connectivity index (χ1) is 14.2. The number of rotatable bonds is 5. The summed E-state index contributed by atoms with van der Waals surface area (Å²) in [6.07, 6.45) is 1.68. The van der Waals surface area contributed by atoms with Crippen LogP contribution in [-0.2, 0) is 13.1 Å². The number of aryl methyl sites for hydroxylation is 1. The van der Waals surface area contributed by atoms with Crippen LogP contribution in [0.3, 0.4) is 0 Å². The van der Waals surface area contributed by atoms with Gasteiger partial charge in [0.05, 0.1) is 24.0 Å². The molecule has 3 heterocycles. The van der Waals surface area contributed by atoms with Crippen LogP contribution in [0.5, 0.6) is 5.75 Å². The Bertz CT molecular complexity index is 1270. The number of phenolic OH excluding ortho intramolecular Hbond substituents is 1. The Kier molecular flexibility index (Phi) is 4.17. The fourth-order valence-electron chi connectivity index (χ4n) is 3.62. The minimum absolute atomic E-state index is 0.256. The van der Waals surface area contributed by atoms with Crippen molar-refractivity contribution in [3.63, 3.8) is 0 Å². The average Bonchev–Trinajstić information content (AvgIpc) is 3.37. The van der Waals surface area contributed by atoms with Gasteiger partial charge in [-0.1, -0.05) is 24.3 Å². The molecule has 0 bridgehead atoms. The number of benzene rings is 2. The van der Waals surface area contributed by atoms with Gasteiger partial charge in [-0.05, 0) is 48.9 Å². The SMILES string of the molecule is Cc1cc2nc(N(Cc3ccc(O)cc3)Cc3ccco3)c3ccccc3n2n1. The Balaban J connectivity index is 1.67. The molecule has 0 radical (unpaired) electrons. The maximum atomic E-state index is 9.63. The molecule has 1 N–H and O–H groups in total. The lowest BCUT2D eigenvalue weighted by Gasteiger charge is -2.24. The highest BCUT2D eigenvalue weighted by Crippen LogP contribution is 2.29. The zero-order valence-electron chi connectivity index (χ0n) is 16.0. The summed E-state index contributed by atoms with van der Waals surface area (Å²) in [6.45, 7) is 3.18. The summed E-state index contributed by atoms with van der Waals surface area (Å²) in [7, 11) is 0. The molecule has 6 nitrogen and oxygen atoms in total. The smallest absolute Gasteiger partial charge is 0.158 e. The van der Waals surface area contributed by atoms with Crippen molar-refractivity contribution in [1.29, 1.82) is 0 Å². The number of hydrogen-bond donors (Lipinski definition) is 1. The van der Waals surface area contributed by atoms with Gasteiger partial charge in [0.15, 0.2) is 5.65 Å². The van der Waals surface area contributed by atoms with Crippen molar-refractivity contribution in [2.75, 3.05) is 4.90 Å². The first-order valence-electron chi connectivity index (χ1n) is 9.48. The van der Waals surface area contributed by atoms with Gasteiger partial charge in [-0.3, -0.25) is 0 Å². The third-order valence-electron chi connectivity index (χ3n) is 4.94. The molecule has 5 rings (SSSR count). The Morgan fingerprint density at radius 3 is 2.62 bits per heavy atom. The largest absolute Gasteiger partial charge is 0.508 e. The quantitative estimate of drug-likeness (QED) is 0.476. The summed E-state index contributed by atoms with van der Waals surface area (Å²) in [5.41, 5.74) is 3.82. The minimum Gasteiger partial charge on any atom is -0.508 e. The summed E-state index contributed by atoms with van der Waals surface area (Å²) in [6, 6.07) is 21.3. The van der Waals surface area contributed by atoms with Crippen LogP contribution in [0.1, 0.15) is 17.0 Å². The second-order valence-electron chi connectivity index (χ2n) is 7.11. The number of para-hydroxylation sites is 1. The second kappa shape index (κ2) is 6.98. The predicted molar refractivity (Wildman–Crippen MR) is 112 cm³/mol. The van der Waals surface area contributed by atoms with E-state index in [4.69, 9.17) is 9.40 Å². The third kappa shape index (κ3) is 3.29. The fraction of sp³-hybridized carbons (Fsp3) is 0.130. The van der Waals surface area contributed by atoms with E-state index in [1.807, 2.05) is 53.9 Å². The maximum Gasteiger partial charge on any atom is 0.158 e. The number of phenols is 1. The van der Waals surface area contributed by atoms with Crippen LogP contribution in [0.15, 0.2) is 77.4 Å². The molecule has 0 spiro atoms. The van der Waals surface area contributed by atoms with Crippen molar-refractivity contribution in [2.24, 2.45) is 0 Å². The van der Waals surface area contributed by atoms with Gasteiger partial charge in [-0.2, -0.15) is 5.10 Å². The molecular weight excluding hydrogens is 364 g/mol. The number of anilines is 1. The first-order valence-corrected chi connectivity index (χ1v) is 9.48. The molecule has 3 aromatic heterocycles. The first kappa shape index (κ1) is 17.3. The molecule has 0 aliphatic heterocycles. The Hall–Kier alpha value is -3.80. The van der Waals surface area contributed by atoms with Gasteiger partial charge >= 0.3 is 0 Å². The highest BCUT2D eigenvalue weighted by Gasteiger charge is 2.18. The molecule has 0 aliphatic carbocycles. The molecule has 2 aromatic carbocycles. The van der Waals surface area contributed by atoms with Crippen molar-refractivity contribution in [1.82, 2.24) is 14.6 Å². The van der Waals surface area contributed by atoms with Crippen LogP contribution in [0.4, 0.5) is 5.82 Å². The number of aromatic nitrogens is 3. The summed E-state index contributed by atoms with van der Waals surface area (Å²) in [5.74, 6) is 1.99. The van der Waals surface area contributed by atoms with E-state index in [1.165, 1.54) is 0 Å². The zero-order valence-corrected chi connectivity index (χ0v) is 16.0. The average molecular weight is 384 g/mol. The molecule has 0 amide bonds. The van der Waals surface area contributed by atoms with E-state index in [0.29, 0.717) is 13.1 Å². The van der Waals surface area contributed by atoms with Crippen LogP contribution >= 0.6 is 0 Å². The predicted octanol–water partition coefficient (Wildman–Crippen LogP) is 4.70. The molecule has 0 fully saturated rings. The van der Waals surface area contributed by atoms with E-state index in [-0.39, 0.29) is 5.75 Å². The van der Waals surface area contributed by atoms with E-state index in [1.54, 1.807) is 18.4 Å². The lowest BCUT2D eigenvalue weighted by Crippen LogP contribution is -2.23. The molecule has 0 saturated carbocycles. The molecular formula is C23H20N4O2. The highest BCUT2D eigenvalue weighted by atomic mass is 16.3. The molecule has 29 heavy (non-hydrogen) atoms. The van der Waals surface area contributed by atoms with Crippen molar-refractivity contribution in [3.05, 3.63) is 90.0 Å². The number of fused-ring (bicyclic) bond motifs is 3. The van der Waals surface area contributed by atoms with Crippen molar-refractivity contribution in [2.45, 2.75) is 20.0 Å². The molecule has 0 unspecified atom stereocenters. The van der Waals surface area contributed by atoms with E-state index in [9.17, 15) is 5.11 Å². The van der Waals surface area contributed by atoms with Crippen LogP contribution in [0.2, 0.25) is 0 Å². The minimum atomic E-state index is 0.256. The molecule has 0 saturated heterocycles. The molecule has 0 aliphatic rings. The van der Waals surface area contributed by atoms with E-state index in [2.05, 4.69) is 22.1 Å². The number of aromatic hydroxyl groups is 1. The monoisotopic (exact) mass is 384 g/mol. The Morgan fingerprint density at radius 2 is 1.83 bits per heavy atom. The van der Waals surface area contributed by atoms with Crippen LogP contribution in [-0.4, -0.2) is 19.7 Å². The van der Waals surface area contributed by atoms with Gasteiger partial charge in [0.25, 0.3) is 0 Å². The molecule has 0 atom stereocenters. The van der Waals surface area contributed by atoms with Gasteiger partial charge in [-0.15, -0.1) is 0 Å². The number of hydrogen-bond acceptors (Lipinski definition) is 5. The molecule has 6 heteroatoms.